The van der Waals surface area contributed by atoms with E-state index in [1.807, 2.05) is 0 Å². The van der Waals surface area contributed by atoms with E-state index in [4.69, 9.17) is 22.1 Å². The Morgan fingerprint density at radius 1 is 1.69 bits per heavy atom. The second-order valence-corrected chi connectivity index (χ2v) is 3.81. The van der Waals surface area contributed by atoms with Gasteiger partial charge in [-0.25, -0.2) is 9.97 Å². The SMILES string of the molecule is NC(=O)c1nc(Cl)ncc1N[C@@H]1CCOC1. The van der Waals surface area contributed by atoms with Gasteiger partial charge in [0.05, 0.1) is 24.5 Å². The van der Waals surface area contributed by atoms with E-state index in [1.54, 1.807) is 0 Å². The van der Waals surface area contributed by atoms with Crippen LogP contribution in [0.1, 0.15) is 16.9 Å². The number of rotatable bonds is 3. The van der Waals surface area contributed by atoms with Crippen molar-refractivity contribution < 1.29 is 9.53 Å². The normalized spacial score (nSPS) is 19.7. The summed E-state index contributed by atoms with van der Waals surface area (Å²) in [5, 5.41) is 3.11. The van der Waals surface area contributed by atoms with E-state index < -0.39 is 5.91 Å². The first-order valence-electron chi connectivity index (χ1n) is 4.83. The minimum atomic E-state index is -0.634. The van der Waals surface area contributed by atoms with Crippen molar-refractivity contribution in [1.29, 1.82) is 0 Å². The molecule has 0 saturated carbocycles. The third-order valence-corrected chi connectivity index (χ3v) is 2.46. The van der Waals surface area contributed by atoms with Crippen LogP contribution in [-0.4, -0.2) is 35.1 Å². The number of amides is 1. The van der Waals surface area contributed by atoms with E-state index in [0.717, 1.165) is 6.42 Å². The van der Waals surface area contributed by atoms with Crippen molar-refractivity contribution in [2.45, 2.75) is 12.5 Å². The summed E-state index contributed by atoms with van der Waals surface area (Å²) in [5.74, 6) is -0.634. The minimum Gasteiger partial charge on any atom is -0.379 e. The number of ether oxygens (including phenoxy) is 1. The Bertz CT molecular complexity index is 406. The fourth-order valence-corrected chi connectivity index (χ4v) is 1.66. The molecular weight excluding hydrogens is 232 g/mol. The Balaban J connectivity index is 2.21. The van der Waals surface area contributed by atoms with Crippen LogP contribution in [0.25, 0.3) is 0 Å². The van der Waals surface area contributed by atoms with Crippen LogP contribution in [0.15, 0.2) is 6.20 Å². The Morgan fingerprint density at radius 3 is 3.12 bits per heavy atom. The summed E-state index contributed by atoms with van der Waals surface area (Å²) >= 11 is 5.60. The van der Waals surface area contributed by atoms with Gasteiger partial charge in [0, 0.05) is 6.61 Å². The maximum absolute atomic E-state index is 11.1. The van der Waals surface area contributed by atoms with E-state index in [2.05, 4.69) is 15.3 Å². The van der Waals surface area contributed by atoms with Gasteiger partial charge < -0.3 is 15.8 Å². The summed E-state index contributed by atoms with van der Waals surface area (Å²) in [4.78, 5) is 18.7. The molecule has 1 aromatic heterocycles. The molecule has 1 aromatic rings. The number of nitrogens with one attached hydrogen (secondary N) is 1. The monoisotopic (exact) mass is 242 g/mol. The lowest BCUT2D eigenvalue weighted by Crippen LogP contribution is -2.23. The molecule has 0 radical (unpaired) electrons. The Hall–Kier alpha value is -1.40. The van der Waals surface area contributed by atoms with Crippen molar-refractivity contribution in [2.24, 2.45) is 5.73 Å². The van der Waals surface area contributed by atoms with E-state index >= 15 is 0 Å². The van der Waals surface area contributed by atoms with Gasteiger partial charge in [-0.05, 0) is 18.0 Å². The molecule has 0 spiro atoms. The largest absolute Gasteiger partial charge is 0.379 e. The van der Waals surface area contributed by atoms with E-state index in [9.17, 15) is 4.79 Å². The molecule has 1 amide bonds. The van der Waals surface area contributed by atoms with Crippen LogP contribution in [0, 0.1) is 0 Å². The smallest absolute Gasteiger partial charge is 0.269 e. The summed E-state index contributed by atoms with van der Waals surface area (Å²) in [6, 6.07) is 0.155. The molecule has 3 N–H and O–H groups in total. The van der Waals surface area contributed by atoms with Crippen molar-refractivity contribution in [3.63, 3.8) is 0 Å². The molecule has 7 heteroatoms. The topological polar surface area (TPSA) is 90.1 Å². The number of carbonyl (C=O) groups excluding carboxylic acids is 1. The quantitative estimate of drug-likeness (QED) is 0.751. The predicted molar refractivity (Wildman–Crippen MR) is 58.4 cm³/mol. The van der Waals surface area contributed by atoms with Crippen LogP contribution < -0.4 is 11.1 Å². The van der Waals surface area contributed by atoms with Crippen LogP contribution in [0.2, 0.25) is 5.28 Å². The number of carbonyl (C=O) groups is 1. The highest BCUT2D eigenvalue weighted by Gasteiger charge is 2.19. The first-order valence-corrected chi connectivity index (χ1v) is 5.21. The number of aromatic nitrogens is 2. The number of hydrogen-bond donors (Lipinski definition) is 2. The summed E-state index contributed by atoms with van der Waals surface area (Å²) in [7, 11) is 0. The zero-order valence-corrected chi connectivity index (χ0v) is 9.20. The number of hydrogen-bond acceptors (Lipinski definition) is 5. The maximum Gasteiger partial charge on any atom is 0.269 e. The fraction of sp³-hybridized carbons (Fsp3) is 0.444. The van der Waals surface area contributed by atoms with Crippen LogP contribution in [-0.2, 0) is 4.74 Å². The first-order chi connectivity index (χ1) is 7.66. The molecule has 6 nitrogen and oxygen atoms in total. The zero-order chi connectivity index (χ0) is 11.5. The zero-order valence-electron chi connectivity index (χ0n) is 8.44. The van der Waals surface area contributed by atoms with Crippen molar-refractivity contribution in [2.75, 3.05) is 18.5 Å². The lowest BCUT2D eigenvalue weighted by molar-refractivity contribution is 0.0996. The summed E-state index contributed by atoms with van der Waals surface area (Å²) in [6.45, 7) is 1.30. The van der Waals surface area contributed by atoms with Gasteiger partial charge in [-0.2, -0.15) is 0 Å². The van der Waals surface area contributed by atoms with Crippen LogP contribution in [0.4, 0.5) is 5.69 Å². The molecule has 1 saturated heterocycles. The average molecular weight is 243 g/mol. The van der Waals surface area contributed by atoms with Gasteiger partial charge in [0.25, 0.3) is 5.91 Å². The van der Waals surface area contributed by atoms with E-state index in [1.165, 1.54) is 6.20 Å². The second-order valence-electron chi connectivity index (χ2n) is 3.47. The summed E-state index contributed by atoms with van der Waals surface area (Å²) < 4.78 is 5.21. The van der Waals surface area contributed by atoms with Gasteiger partial charge in [-0.1, -0.05) is 0 Å². The number of halogens is 1. The first kappa shape index (κ1) is 11.1. The van der Waals surface area contributed by atoms with Crippen molar-refractivity contribution in [3.05, 3.63) is 17.2 Å². The molecule has 1 aliphatic heterocycles. The van der Waals surface area contributed by atoms with Crippen LogP contribution in [0.5, 0.6) is 0 Å². The number of nitrogens with two attached hydrogens (primary N) is 1. The van der Waals surface area contributed by atoms with Crippen molar-refractivity contribution in [1.82, 2.24) is 9.97 Å². The number of anilines is 1. The third-order valence-electron chi connectivity index (χ3n) is 2.28. The van der Waals surface area contributed by atoms with Gasteiger partial charge in [-0.3, -0.25) is 4.79 Å². The molecule has 0 unspecified atom stereocenters. The molecule has 2 rings (SSSR count). The lowest BCUT2D eigenvalue weighted by atomic mass is 10.2. The Kier molecular flexibility index (Phi) is 3.21. The Morgan fingerprint density at radius 2 is 2.50 bits per heavy atom. The van der Waals surface area contributed by atoms with Crippen molar-refractivity contribution in [3.8, 4) is 0 Å². The average Bonchev–Trinajstić information content (AvgIpc) is 2.73. The molecule has 16 heavy (non-hydrogen) atoms. The Labute approximate surface area is 97.2 Å². The van der Waals surface area contributed by atoms with Gasteiger partial charge in [0.2, 0.25) is 5.28 Å². The van der Waals surface area contributed by atoms with E-state index in [-0.39, 0.29) is 17.0 Å². The summed E-state index contributed by atoms with van der Waals surface area (Å²) in [5.41, 5.74) is 5.80. The standard InChI is InChI=1S/C9H11ClN4O2/c10-9-12-3-6(7(14-9)8(11)15)13-5-1-2-16-4-5/h3,5,13H,1-2,4H2,(H2,11,15)/t5-/m1/s1. The van der Waals surface area contributed by atoms with Gasteiger partial charge in [-0.15, -0.1) is 0 Å². The van der Waals surface area contributed by atoms with Gasteiger partial charge in [0.1, 0.15) is 0 Å². The van der Waals surface area contributed by atoms with Crippen LogP contribution >= 0.6 is 11.6 Å². The van der Waals surface area contributed by atoms with Gasteiger partial charge >= 0.3 is 0 Å². The summed E-state index contributed by atoms with van der Waals surface area (Å²) in [6.07, 6.45) is 2.33. The minimum absolute atomic E-state index is 0.00187. The predicted octanol–water partition coefficient (Wildman–Crippen LogP) is 0.430. The molecule has 1 atom stereocenters. The molecule has 86 valence electrons. The third kappa shape index (κ3) is 2.40. The number of nitrogens with zero attached hydrogens (tertiary/aromatic N) is 2. The van der Waals surface area contributed by atoms with Crippen molar-refractivity contribution >= 4 is 23.2 Å². The van der Waals surface area contributed by atoms with Gasteiger partial charge in [0.15, 0.2) is 5.69 Å². The molecular formula is C9H11ClN4O2. The number of primary amides is 1. The van der Waals surface area contributed by atoms with Crippen LogP contribution in [0.3, 0.4) is 0 Å². The highest BCUT2D eigenvalue weighted by Crippen LogP contribution is 2.17. The fourth-order valence-electron chi connectivity index (χ4n) is 1.52. The molecule has 0 bridgehead atoms. The molecule has 2 heterocycles. The maximum atomic E-state index is 11.1. The highest BCUT2D eigenvalue weighted by atomic mass is 35.5. The lowest BCUT2D eigenvalue weighted by Gasteiger charge is -2.13. The molecule has 1 aliphatic rings. The molecule has 1 fully saturated rings. The molecule has 0 aliphatic carbocycles. The highest BCUT2D eigenvalue weighted by molar-refractivity contribution is 6.28. The van der Waals surface area contributed by atoms with E-state index in [0.29, 0.717) is 18.9 Å². The second kappa shape index (κ2) is 4.63. The molecule has 0 aromatic carbocycles.